The monoisotopic (exact) mass is 365 g/mol. The van der Waals surface area contributed by atoms with Gasteiger partial charge < -0.3 is 9.80 Å². The number of nitro groups is 1. The van der Waals surface area contributed by atoms with Crippen molar-refractivity contribution in [1.29, 1.82) is 0 Å². The van der Waals surface area contributed by atoms with Gasteiger partial charge in [0, 0.05) is 37.3 Å². The van der Waals surface area contributed by atoms with E-state index in [1.807, 2.05) is 23.3 Å². The molecule has 24 heavy (non-hydrogen) atoms. The maximum absolute atomic E-state index is 12.5. The van der Waals surface area contributed by atoms with E-state index in [2.05, 4.69) is 0 Å². The number of rotatable bonds is 3. The molecule has 1 saturated heterocycles. The molecule has 0 spiro atoms. The number of aryl methyl sites for hydroxylation is 1. The number of carbonyl (C=O) groups excluding carboxylic acids is 1. The summed E-state index contributed by atoms with van der Waals surface area (Å²) in [6.07, 6.45) is 0. The Kier molecular flexibility index (Phi) is 4.73. The first-order valence-electron chi connectivity index (χ1n) is 7.49. The summed E-state index contributed by atoms with van der Waals surface area (Å²) in [4.78, 5) is 27.9. The molecule has 0 aliphatic carbocycles. The number of carbonyl (C=O) groups is 1. The van der Waals surface area contributed by atoms with Crippen LogP contribution in [-0.2, 0) is 0 Å². The molecule has 1 amide bonds. The fourth-order valence-electron chi connectivity index (χ4n) is 2.80. The molecule has 0 bridgehead atoms. The van der Waals surface area contributed by atoms with Crippen LogP contribution in [0, 0.1) is 17.0 Å². The Balaban J connectivity index is 1.73. The highest BCUT2D eigenvalue weighted by atomic mass is 35.5. The number of piperazine rings is 1. The third-order valence-corrected chi connectivity index (χ3v) is 5.34. The maximum Gasteiger partial charge on any atom is 0.294 e. The second-order valence-electron chi connectivity index (χ2n) is 5.60. The van der Waals surface area contributed by atoms with Gasteiger partial charge in [-0.2, -0.15) is 0 Å². The van der Waals surface area contributed by atoms with E-state index in [1.54, 1.807) is 17.0 Å². The minimum absolute atomic E-state index is 0.00335. The molecule has 2 heterocycles. The van der Waals surface area contributed by atoms with E-state index in [0.29, 0.717) is 36.9 Å². The Morgan fingerprint density at radius 3 is 2.54 bits per heavy atom. The SMILES string of the molecule is Cc1ccsc1C(=O)N1CCN(c2ccc(Cl)cc2[N+](=O)[O-])CC1. The van der Waals surface area contributed by atoms with Gasteiger partial charge in [0.1, 0.15) is 5.69 Å². The number of amides is 1. The number of hydrogen-bond acceptors (Lipinski definition) is 5. The summed E-state index contributed by atoms with van der Waals surface area (Å²) in [6.45, 7) is 4.11. The third kappa shape index (κ3) is 3.22. The molecule has 1 aromatic carbocycles. The lowest BCUT2D eigenvalue weighted by Crippen LogP contribution is -2.48. The van der Waals surface area contributed by atoms with Crippen LogP contribution in [-0.4, -0.2) is 41.9 Å². The summed E-state index contributed by atoms with van der Waals surface area (Å²) in [7, 11) is 0. The Labute approximate surface area is 148 Å². The van der Waals surface area contributed by atoms with Crippen molar-refractivity contribution in [1.82, 2.24) is 4.90 Å². The van der Waals surface area contributed by atoms with E-state index in [1.165, 1.54) is 17.4 Å². The Hall–Kier alpha value is -2.12. The number of hydrogen-bond donors (Lipinski definition) is 0. The van der Waals surface area contributed by atoms with Crippen molar-refractivity contribution < 1.29 is 9.72 Å². The van der Waals surface area contributed by atoms with E-state index in [4.69, 9.17) is 11.6 Å². The zero-order chi connectivity index (χ0) is 17.3. The average molecular weight is 366 g/mol. The van der Waals surface area contributed by atoms with Crippen molar-refractivity contribution in [2.45, 2.75) is 6.92 Å². The lowest BCUT2D eigenvalue weighted by molar-refractivity contribution is -0.384. The molecule has 6 nitrogen and oxygen atoms in total. The molecule has 1 aromatic heterocycles. The average Bonchev–Trinajstić information content (AvgIpc) is 3.00. The van der Waals surface area contributed by atoms with Crippen LogP contribution < -0.4 is 4.90 Å². The van der Waals surface area contributed by atoms with Crippen LogP contribution >= 0.6 is 22.9 Å². The van der Waals surface area contributed by atoms with Gasteiger partial charge in [-0.3, -0.25) is 14.9 Å². The molecule has 0 unspecified atom stereocenters. The number of thiophene rings is 1. The largest absolute Gasteiger partial charge is 0.362 e. The predicted molar refractivity (Wildman–Crippen MR) is 95.3 cm³/mol. The van der Waals surface area contributed by atoms with Crippen molar-refractivity contribution in [3.63, 3.8) is 0 Å². The van der Waals surface area contributed by atoms with Gasteiger partial charge in [0.2, 0.25) is 0 Å². The maximum atomic E-state index is 12.5. The van der Waals surface area contributed by atoms with Crippen LogP contribution in [0.5, 0.6) is 0 Å². The van der Waals surface area contributed by atoms with Crippen LogP contribution in [0.25, 0.3) is 0 Å². The lowest BCUT2D eigenvalue weighted by Gasteiger charge is -2.35. The van der Waals surface area contributed by atoms with Crippen molar-refractivity contribution in [2.24, 2.45) is 0 Å². The summed E-state index contributed by atoms with van der Waals surface area (Å²) in [5, 5.41) is 13.5. The number of anilines is 1. The van der Waals surface area contributed by atoms with Gasteiger partial charge >= 0.3 is 0 Å². The van der Waals surface area contributed by atoms with Crippen molar-refractivity contribution >= 4 is 40.2 Å². The summed E-state index contributed by atoms with van der Waals surface area (Å²) >= 11 is 7.31. The van der Waals surface area contributed by atoms with Crippen LogP contribution in [0.3, 0.4) is 0 Å². The topological polar surface area (TPSA) is 66.7 Å². The van der Waals surface area contributed by atoms with Gasteiger partial charge in [0.15, 0.2) is 0 Å². The number of benzene rings is 1. The molecule has 8 heteroatoms. The molecule has 0 atom stereocenters. The summed E-state index contributed by atoms with van der Waals surface area (Å²) in [6, 6.07) is 6.62. The normalized spacial score (nSPS) is 14.8. The van der Waals surface area contributed by atoms with E-state index in [0.717, 1.165) is 10.4 Å². The van der Waals surface area contributed by atoms with Crippen molar-refractivity contribution in [2.75, 3.05) is 31.1 Å². The number of nitrogens with zero attached hydrogens (tertiary/aromatic N) is 3. The molecule has 0 radical (unpaired) electrons. The predicted octanol–water partition coefficient (Wildman–Crippen LogP) is 3.58. The first-order chi connectivity index (χ1) is 11.5. The highest BCUT2D eigenvalue weighted by Crippen LogP contribution is 2.32. The summed E-state index contributed by atoms with van der Waals surface area (Å²) in [5.41, 5.74) is 1.53. The second-order valence-corrected chi connectivity index (χ2v) is 6.95. The smallest absolute Gasteiger partial charge is 0.294 e. The second kappa shape index (κ2) is 6.78. The van der Waals surface area contributed by atoms with E-state index in [9.17, 15) is 14.9 Å². The highest BCUT2D eigenvalue weighted by molar-refractivity contribution is 7.12. The molecule has 126 valence electrons. The minimum atomic E-state index is -0.423. The van der Waals surface area contributed by atoms with Gasteiger partial charge in [-0.25, -0.2) is 0 Å². The zero-order valence-electron chi connectivity index (χ0n) is 13.1. The van der Waals surface area contributed by atoms with Crippen LogP contribution in [0.1, 0.15) is 15.2 Å². The summed E-state index contributed by atoms with van der Waals surface area (Å²) in [5.74, 6) is 0.0350. The summed E-state index contributed by atoms with van der Waals surface area (Å²) < 4.78 is 0. The third-order valence-electron chi connectivity index (χ3n) is 4.10. The molecule has 0 saturated carbocycles. The van der Waals surface area contributed by atoms with Gasteiger partial charge in [0.05, 0.1) is 9.80 Å². The molecular weight excluding hydrogens is 350 g/mol. The molecule has 1 fully saturated rings. The van der Waals surface area contributed by atoms with Gasteiger partial charge in [-0.05, 0) is 36.1 Å². The zero-order valence-corrected chi connectivity index (χ0v) is 14.6. The van der Waals surface area contributed by atoms with Crippen LogP contribution in [0.15, 0.2) is 29.6 Å². The fourth-order valence-corrected chi connectivity index (χ4v) is 3.85. The quantitative estimate of drug-likeness (QED) is 0.616. The molecular formula is C16H16ClN3O3S. The minimum Gasteiger partial charge on any atom is -0.362 e. The highest BCUT2D eigenvalue weighted by Gasteiger charge is 2.27. The van der Waals surface area contributed by atoms with E-state index >= 15 is 0 Å². The standard InChI is InChI=1S/C16H16ClN3O3S/c1-11-4-9-24-15(11)16(21)19-7-5-18(6-8-19)13-3-2-12(17)10-14(13)20(22)23/h2-4,9-10H,5-8H2,1H3. The molecule has 1 aliphatic rings. The van der Waals surface area contributed by atoms with Gasteiger partial charge in [-0.15, -0.1) is 11.3 Å². The fraction of sp³-hybridized carbons (Fsp3) is 0.312. The molecule has 3 rings (SSSR count). The van der Waals surface area contributed by atoms with Crippen LogP contribution in [0.2, 0.25) is 5.02 Å². The number of nitro benzene ring substituents is 1. The first-order valence-corrected chi connectivity index (χ1v) is 8.75. The molecule has 1 aliphatic heterocycles. The van der Waals surface area contributed by atoms with E-state index in [-0.39, 0.29) is 11.6 Å². The molecule has 0 N–H and O–H groups in total. The lowest BCUT2D eigenvalue weighted by atomic mass is 10.2. The van der Waals surface area contributed by atoms with Gasteiger partial charge in [0.25, 0.3) is 11.6 Å². The van der Waals surface area contributed by atoms with E-state index < -0.39 is 4.92 Å². The Bertz CT molecular complexity index is 785. The van der Waals surface area contributed by atoms with Crippen molar-refractivity contribution in [3.8, 4) is 0 Å². The number of halogens is 1. The first kappa shape index (κ1) is 16.7. The van der Waals surface area contributed by atoms with Crippen molar-refractivity contribution in [3.05, 3.63) is 55.2 Å². The molecule has 2 aromatic rings. The Morgan fingerprint density at radius 2 is 1.96 bits per heavy atom. The van der Waals surface area contributed by atoms with Crippen LogP contribution in [0.4, 0.5) is 11.4 Å². The Morgan fingerprint density at radius 1 is 1.25 bits per heavy atom. The van der Waals surface area contributed by atoms with Gasteiger partial charge in [-0.1, -0.05) is 11.6 Å².